The average molecular weight is 2660 g/mol. The van der Waals surface area contributed by atoms with Gasteiger partial charge in [-0.25, -0.2) is 0 Å². The molecular formula is C123H102N19Pt4S-9. The molecule has 7 aliphatic heterocycles. The number of nitrogens with zero attached hydrogens (tertiary/aromatic N) is 19. The van der Waals surface area contributed by atoms with Crippen LogP contribution in [0.1, 0.15) is 72.8 Å². The first kappa shape index (κ1) is 101. The first-order chi connectivity index (χ1) is 70.1. The molecule has 26 rings (SSSR count). The molecule has 0 spiro atoms. The number of para-hydroxylation sites is 5. The van der Waals surface area contributed by atoms with Gasteiger partial charge in [-0.1, -0.05) is 175 Å². The van der Waals surface area contributed by atoms with Crippen LogP contribution in [-0.2, 0) is 143 Å². The summed E-state index contributed by atoms with van der Waals surface area (Å²) in [7, 11) is 8.10. The van der Waals surface area contributed by atoms with E-state index in [2.05, 4.69) is 408 Å². The maximum atomic E-state index is 4.98. The van der Waals surface area contributed by atoms with Gasteiger partial charge in [0.05, 0.1) is 22.7 Å². The normalized spacial score (nSPS) is 13.8. The summed E-state index contributed by atoms with van der Waals surface area (Å²) < 4.78 is 9.11. The number of rotatable bonds is 13. The Morgan fingerprint density at radius 3 is 1.11 bits per heavy atom. The summed E-state index contributed by atoms with van der Waals surface area (Å²) in [5, 5.41) is 15.2. The molecule has 0 N–H and O–H groups in total. The molecule has 0 fully saturated rings. The molecule has 0 saturated heterocycles. The fraction of sp³-hybridized carbons (Fsp3) is 0.138. The van der Waals surface area contributed by atoms with Crippen molar-refractivity contribution >= 4 is 107 Å². The van der Waals surface area contributed by atoms with Crippen LogP contribution in [0.25, 0.3) is 60.4 Å². The number of fused-ring (bicyclic) bond motifs is 9. The van der Waals surface area contributed by atoms with Gasteiger partial charge in [0, 0.05) is 144 Å². The first-order valence-corrected chi connectivity index (χ1v) is 49.3. The van der Waals surface area contributed by atoms with Crippen molar-refractivity contribution in [3.05, 3.63) is 482 Å². The third-order valence-corrected chi connectivity index (χ3v) is 28.5. The molecule has 12 heterocycles. The SMILES string of the molecule is CN1C=CN(c2[c-]c(N3c4[c-]c(-c5nccn5C)ccc4CCc4ccccc43)ccc2)[CH-]1.Cc1nn(-c2[c-]c3c(cc2)CCc2ccccc2N3c2[c-]c(N3C=CN(C)[CH-]3)ccc2)c(C)c1-c1ccccc1.Cc1nn(-c2[c-]c3c(cc2)CCc2ccccc2N3c2[c-]c(N3C=CN(C)[CH-]3)ccc2)c(C)c1C.[Pt+2].[Pt].[Pt].[Pt].[c-]1c(N2c3[c-]c(-c4nc5ccccc5s4)ccc3CCc3ccccc32)cccc1-n1cccn1. The number of hydrogen-bond acceptors (Lipinski definition) is 16. The van der Waals surface area contributed by atoms with Crippen molar-refractivity contribution in [1.82, 2.24) is 58.6 Å². The molecule has 147 heavy (non-hydrogen) atoms. The zero-order chi connectivity index (χ0) is 96.9. The van der Waals surface area contributed by atoms with E-state index < -0.39 is 0 Å². The average Bonchev–Trinajstić information content (AvgIpc) is 1.67. The van der Waals surface area contributed by atoms with Gasteiger partial charge in [-0.05, 0) is 223 Å². The predicted octanol–water partition coefficient (Wildman–Crippen LogP) is 26.9. The van der Waals surface area contributed by atoms with Gasteiger partial charge in [0.25, 0.3) is 0 Å². The summed E-state index contributed by atoms with van der Waals surface area (Å²) in [6.07, 6.45) is 27.5. The second-order valence-corrected chi connectivity index (χ2v) is 37.8. The molecule has 5 aromatic heterocycles. The molecule has 19 nitrogen and oxygen atoms in total. The maximum Gasteiger partial charge on any atom is 2.00 e. The molecular weight excluding hydrogens is 2560 g/mol. The van der Waals surface area contributed by atoms with Gasteiger partial charge in [-0.3, -0.25) is 24.0 Å². The molecule has 0 unspecified atom stereocenters. The van der Waals surface area contributed by atoms with Gasteiger partial charge in [-0.2, -0.15) is 83.0 Å². The van der Waals surface area contributed by atoms with Crippen LogP contribution in [-0.4, -0.2) is 79.7 Å². The number of hydrogen-bond donors (Lipinski definition) is 0. The zero-order valence-electron chi connectivity index (χ0n) is 82.4. The zero-order valence-corrected chi connectivity index (χ0v) is 92.3. The van der Waals surface area contributed by atoms with Gasteiger partial charge in [0.2, 0.25) is 0 Å². The molecule has 0 radical (unpaired) electrons. The van der Waals surface area contributed by atoms with Crippen LogP contribution in [0, 0.1) is 103 Å². The van der Waals surface area contributed by atoms with Crippen molar-refractivity contribution in [1.29, 1.82) is 0 Å². The van der Waals surface area contributed by atoms with E-state index in [4.69, 9.17) is 15.2 Å². The topological polar surface area (TPSA) is 117 Å². The van der Waals surface area contributed by atoms with Gasteiger partial charge in [0.1, 0.15) is 0 Å². The van der Waals surface area contributed by atoms with E-state index in [0.29, 0.717) is 0 Å². The van der Waals surface area contributed by atoms with E-state index in [1.54, 1.807) is 17.5 Å². The maximum absolute atomic E-state index is 4.98. The van der Waals surface area contributed by atoms with E-state index in [0.717, 1.165) is 187 Å². The minimum Gasteiger partial charge on any atom is -0.510 e. The fourth-order valence-electron chi connectivity index (χ4n) is 20.0. The Morgan fingerprint density at radius 1 is 0.313 bits per heavy atom. The third-order valence-electron chi connectivity index (χ3n) is 27.4. The minimum atomic E-state index is 0. The number of aromatic nitrogens is 9. The summed E-state index contributed by atoms with van der Waals surface area (Å²) >= 11 is 1.71. The van der Waals surface area contributed by atoms with E-state index in [1.165, 1.54) is 83.0 Å². The summed E-state index contributed by atoms with van der Waals surface area (Å²) in [6.45, 7) is 16.7. The Hall–Kier alpha value is -14.2. The number of imidazole rings is 1. The van der Waals surface area contributed by atoms with Crippen LogP contribution < -0.4 is 34.3 Å². The molecule has 0 amide bonds. The smallest absolute Gasteiger partial charge is 0.510 e. The molecule has 744 valence electrons. The summed E-state index contributed by atoms with van der Waals surface area (Å²) in [5.74, 6) is 0.910. The van der Waals surface area contributed by atoms with Gasteiger partial charge >= 0.3 is 21.1 Å². The molecule has 7 aliphatic rings. The van der Waals surface area contributed by atoms with E-state index in [-0.39, 0.29) is 84.3 Å². The van der Waals surface area contributed by atoms with Crippen LogP contribution in [0.4, 0.5) is 85.3 Å². The molecule has 0 saturated carbocycles. The molecule has 0 aliphatic carbocycles. The Balaban J connectivity index is 0.000000123. The Bertz CT molecular complexity index is 8060. The Kier molecular flexibility index (Phi) is 30.5. The molecule has 0 bridgehead atoms. The van der Waals surface area contributed by atoms with Gasteiger partial charge < -0.3 is 53.6 Å². The molecule has 19 aromatic rings. The quantitative estimate of drug-likeness (QED) is 0.102. The van der Waals surface area contributed by atoms with Crippen molar-refractivity contribution in [3.63, 3.8) is 0 Å². The summed E-state index contributed by atoms with van der Waals surface area (Å²) in [4.78, 5) is 31.0. The van der Waals surface area contributed by atoms with Crippen LogP contribution in [0.15, 0.2) is 341 Å². The van der Waals surface area contributed by atoms with E-state index in [9.17, 15) is 0 Å². The van der Waals surface area contributed by atoms with Gasteiger partial charge in [0.15, 0.2) is 0 Å². The van der Waals surface area contributed by atoms with Crippen LogP contribution in [0.5, 0.6) is 0 Å². The number of aryl methyl sites for hydroxylation is 11. The summed E-state index contributed by atoms with van der Waals surface area (Å²) in [5.41, 5.74) is 39.9. The van der Waals surface area contributed by atoms with Crippen LogP contribution in [0.2, 0.25) is 0 Å². The van der Waals surface area contributed by atoms with E-state index in [1.807, 2.05) is 136 Å². The van der Waals surface area contributed by atoms with Crippen molar-refractivity contribution in [3.8, 4) is 50.1 Å². The van der Waals surface area contributed by atoms with Crippen LogP contribution >= 0.6 is 11.3 Å². The predicted molar refractivity (Wildman–Crippen MR) is 577 cm³/mol. The fourth-order valence-corrected chi connectivity index (χ4v) is 20.9. The number of thiazole rings is 1. The number of anilines is 15. The van der Waals surface area contributed by atoms with E-state index >= 15 is 0 Å². The Labute approximate surface area is 922 Å². The van der Waals surface area contributed by atoms with Crippen molar-refractivity contribution in [2.75, 3.05) is 55.4 Å². The van der Waals surface area contributed by atoms with Crippen molar-refractivity contribution in [2.45, 2.75) is 86.0 Å². The summed E-state index contributed by atoms with van der Waals surface area (Å²) in [6, 6.07) is 128. The van der Waals surface area contributed by atoms with Crippen LogP contribution in [0.3, 0.4) is 0 Å². The second-order valence-electron chi connectivity index (χ2n) is 36.8. The second kappa shape index (κ2) is 44.2. The molecule has 24 heteroatoms. The standard InChI is InChI=1S/C35H30N5.C30H28N5.C30H20N4S.C28H24N5.4Pt/c1-25-35(29-11-5-4-6-12-29)26(2)40(36-25)32-19-18-28-17-16-27-10-7-8-15-33(27)39(34(28)23-32)31-14-9-13-30(22-31)38-21-20-37(3)24-38;1-21-22(2)31-35(23(21)3)28-15-14-25-13-12-24-8-5-6-11-29(24)34(30(25)19-28)27-10-7-9-26(18-27)33-17-16-32(4)20-33;1-3-11-27-21(7-1)13-14-22-15-16-23(30-32-26-10-2-4-12-29(26)35-30)19-28(22)34(27)25-9-5-8-24(20-25)33-18-6-17-31-33;1-30-16-17-32(20-30)24-7-5-8-25(19-24)33-26-9-4-3-6-21(26)10-11-22-12-13-23(18-27(22)33)28-29-14-15-31(28)2;;;;/h4-15,18-21,24H,16-17H2,1-3H3;5-11,14-17,20H,12-13H2,1-4H3;1-12,15-18H,13-14H2;3-9,12-17,20H,10-11H2,1-2H3;;;;/q2*-3;-2;-3;;;;+2. The Morgan fingerprint density at radius 2 is 0.694 bits per heavy atom. The first-order valence-electron chi connectivity index (χ1n) is 48.5. The van der Waals surface area contributed by atoms with Gasteiger partial charge in [-0.15, -0.1) is 184 Å². The largest absolute Gasteiger partial charge is 2.00 e. The van der Waals surface area contributed by atoms with Crippen molar-refractivity contribution < 1.29 is 84.3 Å². The minimum absolute atomic E-state index is 0. The van der Waals surface area contributed by atoms with Crippen molar-refractivity contribution in [2.24, 2.45) is 7.05 Å². The number of benzene rings is 14. The monoisotopic (exact) mass is 2660 g/mol. The molecule has 0 atom stereocenters. The molecule has 14 aromatic carbocycles. The third kappa shape index (κ3) is 20.5.